The van der Waals surface area contributed by atoms with E-state index in [2.05, 4.69) is 171 Å². The summed E-state index contributed by atoms with van der Waals surface area (Å²) in [5, 5.41) is 9.93. The molecule has 0 spiro atoms. The molecule has 232 valence electrons. The van der Waals surface area contributed by atoms with E-state index in [4.69, 9.17) is 4.42 Å². The molecule has 0 aliphatic heterocycles. The van der Waals surface area contributed by atoms with Crippen LogP contribution < -0.4 is 10.00 Å². The zero-order valence-electron chi connectivity index (χ0n) is 26.6. The number of benzene rings is 7. The van der Waals surface area contributed by atoms with E-state index in [1.807, 2.05) is 30.3 Å². The maximum absolute atomic E-state index is 6.15. The molecule has 0 radical (unpaired) electrons. The molecule has 0 saturated heterocycles. The highest BCUT2D eigenvalue weighted by Crippen LogP contribution is 2.43. The lowest BCUT2D eigenvalue weighted by Crippen LogP contribution is -2.11. The predicted molar refractivity (Wildman–Crippen MR) is 198 cm³/mol. The number of nitrogens with zero attached hydrogens (tertiary/aromatic N) is 3. The second-order valence-corrected chi connectivity index (χ2v) is 12.0. The average Bonchev–Trinajstić information content (AvgIpc) is 3.80. The number of fused-ring (bicyclic) bond motifs is 3. The fourth-order valence-electron chi connectivity index (χ4n) is 6.75. The topological polar surface area (TPSA) is 48.3 Å². The molecule has 9 rings (SSSR count). The Morgan fingerprint density at radius 1 is 0.490 bits per heavy atom. The maximum Gasteiger partial charge on any atom is 0.405 e. The van der Waals surface area contributed by atoms with Crippen molar-refractivity contribution in [3.05, 3.63) is 182 Å². The fraction of sp³-hybridized carbons (Fsp3) is 0. The van der Waals surface area contributed by atoms with Gasteiger partial charge in [-0.2, -0.15) is 0 Å². The number of nitrogens with one attached hydrogen (secondary N) is 1. The van der Waals surface area contributed by atoms with Crippen molar-refractivity contribution in [1.29, 1.82) is 0 Å². The van der Waals surface area contributed by atoms with E-state index in [1.54, 1.807) is 0 Å². The van der Waals surface area contributed by atoms with Crippen LogP contribution in [0.25, 0.3) is 61.5 Å². The summed E-state index contributed by atoms with van der Waals surface area (Å²) in [6.45, 7) is 0. The van der Waals surface area contributed by atoms with Gasteiger partial charge in [0.1, 0.15) is 0 Å². The van der Waals surface area contributed by atoms with Crippen LogP contribution in [0.3, 0.4) is 0 Å². The Kier molecular flexibility index (Phi) is 7.06. The van der Waals surface area contributed by atoms with Crippen LogP contribution in [0.4, 0.5) is 17.1 Å². The minimum Gasteiger partial charge on any atom is -0.377 e. The quantitative estimate of drug-likeness (QED) is 0.176. The van der Waals surface area contributed by atoms with Crippen molar-refractivity contribution in [2.75, 3.05) is 4.90 Å². The van der Waals surface area contributed by atoms with Crippen molar-refractivity contribution in [2.24, 2.45) is 0 Å². The second kappa shape index (κ2) is 12.1. The Bertz CT molecular complexity index is 2540. The average molecular weight is 632 g/mol. The molecule has 0 saturated carbocycles. The molecule has 5 nitrogen and oxygen atoms in total. The van der Waals surface area contributed by atoms with Gasteiger partial charge in [-0.15, -0.1) is 0 Å². The van der Waals surface area contributed by atoms with Gasteiger partial charge in [-0.3, -0.25) is 0 Å². The van der Waals surface area contributed by atoms with Crippen molar-refractivity contribution in [3.63, 3.8) is 0 Å². The zero-order valence-corrected chi connectivity index (χ0v) is 26.6. The van der Waals surface area contributed by atoms with Gasteiger partial charge in [0.05, 0.1) is 22.3 Å². The zero-order chi connectivity index (χ0) is 32.6. The lowest BCUT2D eigenvalue weighted by molar-refractivity contribution is -0.441. The van der Waals surface area contributed by atoms with Gasteiger partial charge in [-0.25, -0.2) is 0 Å². The number of para-hydroxylation sites is 3. The largest absolute Gasteiger partial charge is 0.405 e. The number of anilines is 3. The van der Waals surface area contributed by atoms with E-state index in [9.17, 15) is 0 Å². The van der Waals surface area contributed by atoms with Crippen LogP contribution >= 0.6 is 0 Å². The van der Waals surface area contributed by atoms with Crippen molar-refractivity contribution in [1.82, 2.24) is 9.67 Å². The highest BCUT2D eigenvalue weighted by molar-refractivity contribution is 6.10. The third kappa shape index (κ3) is 5.14. The molecular weight excluding hydrogens is 601 g/mol. The number of aromatic amines is 1. The summed E-state index contributed by atoms with van der Waals surface area (Å²) in [7, 11) is 0. The Morgan fingerprint density at radius 3 is 1.88 bits per heavy atom. The number of aromatic nitrogens is 3. The summed E-state index contributed by atoms with van der Waals surface area (Å²) >= 11 is 0. The molecule has 0 amide bonds. The molecule has 0 bridgehead atoms. The molecule has 2 heterocycles. The van der Waals surface area contributed by atoms with Crippen molar-refractivity contribution in [2.45, 2.75) is 0 Å². The van der Waals surface area contributed by atoms with E-state index < -0.39 is 0 Å². The van der Waals surface area contributed by atoms with Crippen LogP contribution in [0.15, 0.2) is 186 Å². The monoisotopic (exact) mass is 631 g/mol. The summed E-state index contributed by atoms with van der Waals surface area (Å²) in [5.74, 6) is 1.16. The fourth-order valence-corrected chi connectivity index (χ4v) is 6.75. The molecule has 0 fully saturated rings. The molecule has 9 aromatic rings. The lowest BCUT2D eigenvalue weighted by Gasteiger charge is -2.28. The summed E-state index contributed by atoms with van der Waals surface area (Å²) in [6, 6.07) is 63.6. The third-order valence-corrected chi connectivity index (χ3v) is 9.02. The van der Waals surface area contributed by atoms with E-state index in [0.29, 0.717) is 11.8 Å². The predicted octanol–water partition coefficient (Wildman–Crippen LogP) is 11.1. The smallest absolute Gasteiger partial charge is 0.377 e. The summed E-state index contributed by atoms with van der Waals surface area (Å²) < 4.78 is 8.50. The van der Waals surface area contributed by atoms with Gasteiger partial charge < -0.3 is 13.9 Å². The second-order valence-electron chi connectivity index (χ2n) is 12.0. The van der Waals surface area contributed by atoms with Crippen LogP contribution in [0.5, 0.6) is 0 Å². The maximum atomic E-state index is 6.15. The van der Waals surface area contributed by atoms with Gasteiger partial charge in [-0.1, -0.05) is 108 Å². The van der Waals surface area contributed by atoms with Crippen LogP contribution in [-0.2, 0) is 0 Å². The Balaban J connectivity index is 1.21. The van der Waals surface area contributed by atoms with E-state index in [0.717, 1.165) is 50.5 Å². The highest BCUT2D eigenvalue weighted by Gasteiger charge is 2.21. The van der Waals surface area contributed by atoms with E-state index in [-0.39, 0.29) is 0 Å². The van der Waals surface area contributed by atoms with Crippen molar-refractivity contribution < 1.29 is 9.52 Å². The number of rotatable bonds is 7. The first-order valence-electron chi connectivity index (χ1n) is 16.4. The first kappa shape index (κ1) is 28.5. The Hall–Kier alpha value is -6.72. The molecule has 0 unspecified atom stereocenters. The van der Waals surface area contributed by atoms with Gasteiger partial charge >= 0.3 is 5.89 Å². The van der Waals surface area contributed by atoms with Gasteiger partial charge in [0.25, 0.3) is 5.89 Å². The van der Waals surface area contributed by atoms with E-state index >= 15 is 0 Å². The SMILES string of the molecule is c1ccc(-c2n[nH+]c(-c3ccc(N(c4ccc5c(c4)c4ccccc4n5-c4ccccc4)c4ccccc4-c4ccccc4)cc3)o2)cc1. The van der Waals surface area contributed by atoms with Crippen molar-refractivity contribution >= 4 is 38.9 Å². The first-order chi connectivity index (χ1) is 24.3. The number of hydrogen-bond donors (Lipinski definition) is 0. The Labute approximate surface area is 284 Å². The Morgan fingerprint density at radius 2 is 1.10 bits per heavy atom. The lowest BCUT2D eigenvalue weighted by atomic mass is 10.0. The summed E-state index contributed by atoms with van der Waals surface area (Å²) in [4.78, 5) is 2.35. The van der Waals surface area contributed by atoms with Gasteiger partial charge in [0.2, 0.25) is 0 Å². The summed E-state index contributed by atoms with van der Waals surface area (Å²) in [5.41, 5.74) is 10.8. The van der Waals surface area contributed by atoms with Gasteiger partial charge in [0.15, 0.2) is 0 Å². The number of H-pyrrole nitrogens is 1. The normalized spacial score (nSPS) is 11.3. The highest BCUT2D eigenvalue weighted by atomic mass is 16.4. The molecule has 0 aliphatic rings. The molecule has 0 atom stereocenters. The minimum absolute atomic E-state index is 0.557. The third-order valence-electron chi connectivity index (χ3n) is 9.02. The standard InChI is InChI=1S/C44H30N4O/c1-4-14-31(15-5-1)37-20-10-12-22-40(37)47(35-26-24-33(25-27-35)44-46-45-43(49-44)32-16-6-2-7-17-32)36-28-29-42-39(30-36)38-21-11-13-23-41(38)48(42)34-18-8-3-9-19-34/h1-30H/p+1. The van der Waals surface area contributed by atoms with Crippen LogP contribution in [0, 0.1) is 0 Å². The molecule has 2 aromatic heterocycles. The first-order valence-corrected chi connectivity index (χ1v) is 16.4. The van der Waals surface area contributed by atoms with Gasteiger partial charge in [0, 0.05) is 44.1 Å². The summed E-state index contributed by atoms with van der Waals surface area (Å²) in [6.07, 6.45) is 0. The van der Waals surface area contributed by atoms with Crippen LogP contribution in [0.2, 0.25) is 0 Å². The molecular formula is C44H31N4O+. The molecule has 7 aromatic carbocycles. The molecule has 5 heteroatoms. The van der Waals surface area contributed by atoms with Gasteiger partial charge in [-0.05, 0) is 84.4 Å². The van der Waals surface area contributed by atoms with E-state index in [1.165, 1.54) is 16.3 Å². The minimum atomic E-state index is 0.557. The van der Waals surface area contributed by atoms with Crippen LogP contribution in [0.1, 0.15) is 0 Å². The molecule has 1 N–H and O–H groups in total. The molecule has 0 aliphatic carbocycles. The number of hydrogen-bond acceptors (Lipinski definition) is 3. The van der Waals surface area contributed by atoms with Crippen LogP contribution in [-0.4, -0.2) is 9.67 Å². The van der Waals surface area contributed by atoms with Crippen molar-refractivity contribution in [3.8, 4) is 39.7 Å². The molecule has 49 heavy (non-hydrogen) atoms.